The first-order valence-electron chi connectivity index (χ1n) is 8.17. The zero-order chi connectivity index (χ0) is 18.3. The van der Waals surface area contributed by atoms with Gasteiger partial charge >= 0.3 is 0 Å². The Balaban J connectivity index is 1.93. The highest BCUT2D eigenvalue weighted by atomic mass is 16.5. The topological polar surface area (TPSA) is 67.4 Å². The van der Waals surface area contributed by atoms with Gasteiger partial charge in [0, 0.05) is 18.7 Å². The Morgan fingerprint density at radius 2 is 1.44 bits per heavy atom. The fourth-order valence-corrected chi connectivity index (χ4v) is 2.35. The van der Waals surface area contributed by atoms with Crippen molar-refractivity contribution in [1.29, 1.82) is 0 Å². The third kappa shape index (κ3) is 4.83. The second-order valence-electron chi connectivity index (χ2n) is 6.29. The lowest BCUT2D eigenvalue weighted by Gasteiger charge is -2.23. The molecule has 0 atom stereocenters. The number of carbonyl (C=O) groups is 2. The third-order valence-electron chi connectivity index (χ3n) is 4.06. The van der Waals surface area contributed by atoms with Gasteiger partial charge in [-0.2, -0.15) is 0 Å². The van der Waals surface area contributed by atoms with Crippen LogP contribution in [-0.4, -0.2) is 18.9 Å². The van der Waals surface area contributed by atoms with E-state index in [2.05, 4.69) is 10.6 Å². The summed E-state index contributed by atoms with van der Waals surface area (Å²) < 4.78 is 5.27. The van der Waals surface area contributed by atoms with E-state index in [4.69, 9.17) is 4.74 Å². The fraction of sp³-hybridized carbons (Fsp3) is 0.300. The van der Waals surface area contributed by atoms with E-state index >= 15 is 0 Å². The van der Waals surface area contributed by atoms with Crippen LogP contribution in [0.4, 0.5) is 0 Å². The standard InChI is InChI=1S/C20H24N2O3/c1-20(2,18(23)21-13-15-9-5-4-6-10-15)19(24)22-14-16-11-7-8-12-17(16)25-3/h4-12H,13-14H2,1-3H3,(H,21,23)(H,22,24). The zero-order valence-electron chi connectivity index (χ0n) is 14.8. The Morgan fingerprint density at radius 1 is 0.880 bits per heavy atom. The first kappa shape index (κ1) is 18.5. The molecule has 5 heteroatoms. The van der Waals surface area contributed by atoms with Crippen molar-refractivity contribution in [1.82, 2.24) is 10.6 Å². The van der Waals surface area contributed by atoms with E-state index in [9.17, 15) is 9.59 Å². The number of hydrogen-bond donors (Lipinski definition) is 2. The van der Waals surface area contributed by atoms with Gasteiger partial charge in [-0.15, -0.1) is 0 Å². The van der Waals surface area contributed by atoms with Crippen LogP contribution in [0.5, 0.6) is 5.75 Å². The van der Waals surface area contributed by atoms with Crippen molar-refractivity contribution >= 4 is 11.8 Å². The zero-order valence-corrected chi connectivity index (χ0v) is 14.8. The minimum absolute atomic E-state index is 0.304. The third-order valence-corrected chi connectivity index (χ3v) is 4.06. The lowest BCUT2D eigenvalue weighted by molar-refractivity contribution is -0.141. The van der Waals surface area contributed by atoms with Crippen molar-refractivity contribution in [2.75, 3.05) is 7.11 Å². The summed E-state index contributed by atoms with van der Waals surface area (Å²) in [5.74, 6) is 0.0620. The van der Waals surface area contributed by atoms with Crippen LogP contribution in [0.1, 0.15) is 25.0 Å². The Morgan fingerprint density at radius 3 is 2.08 bits per heavy atom. The SMILES string of the molecule is COc1ccccc1CNC(=O)C(C)(C)C(=O)NCc1ccccc1. The van der Waals surface area contributed by atoms with E-state index in [1.54, 1.807) is 21.0 Å². The van der Waals surface area contributed by atoms with Gasteiger partial charge in [-0.25, -0.2) is 0 Å². The first-order valence-corrected chi connectivity index (χ1v) is 8.17. The van der Waals surface area contributed by atoms with Crippen molar-refractivity contribution in [3.05, 3.63) is 65.7 Å². The first-order chi connectivity index (χ1) is 11.9. The summed E-state index contributed by atoms with van der Waals surface area (Å²) in [5, 5.41) is 5.63. The monoisotopic (exact) mass is 340 g/mol. The van der Waals surface area contributed by atoms with Crippen LogP contribution < -0.4 is 15.4 Å². The van der Waals surface area contributed by atoms with Gasteiger partial charge in [-0.1, -0.05) is 48.5 Å². The van der Waals surface area contributed by atoms with Crippen LogP contribution in [-0.2, 0) is 22.7 Å². The summed E-state index contributed by atoms with van der Waals surface area (Å²) in [6.07, 6.45) is 0. The highest BCUT2D eigenvalue weighted by Crippen LogP contribution is 2.19. The number of methoxy groups -OCH3 is 1. The normalized spacial score (nSPS) is 10.8. The van der Waals surface area contributed by atoms with E-state index in [-0.39, 0.29) is 11.8 Å². The summed E-state index contributed by atoms with van der Waals surface area (Å²) in [6, 6.07) is 17.0. The molecule has 0 aromatic heterocycles. The van der Waals surface area contributed by atoms with Crippen molar-refractivity contribution < 1.29 is 14.3 Å². The van der Waals surface area contributed by atoms with Gasteiger partial charge in [0.15, 0.2) is 0 Å². The maximum absolute atomic E-state index is 12.5. The minimum Gasteiger partial charge on any atom is -0.496 e. The van der Waals surface area contributed by atoms with Gasteiger partial charge in [-0.3, -0.25) is 9.59 Å². The van der Waals surface area contributed by atoms with E-state index in [0.717, 1.165) is 11.1 Å². The van der Waals surface area contributed by atoms with E-state index in [1.807, 2.05) is 54.6 Å². The van der Waals surface area contributed by atoms with E-state index in [0.29, 0.717) is 18.8 Å². The summed E-state index contributed by atoms with van der Waals surface area (Å²) in [7, 11) is 1.58. The Kier molecular flexibility index (Phi) is 6.17. The average Bonchev–Trinajstić information content (AvgIpc) is 2.64. The molecule has 2 aromatic rings. The van der Waals surface area contributed by atoms with Crippen LogP contribution in [0.3, 0.4) is 0 Å². The molecule has 0 bridgehead atoms. The molecule has 0 unspecified atom stereocenters. The molecule has 0 aliphatic heterocycles. The van der Waals surface area contributed by atoms with Gasteiger partial charge in [-0.05, 0) is 25.5 Å². The molecular weight excluding hydrogens is 316 g/mol. The molecule has 0 saturated heterocycles. The molecule has 132 valence electrons. The summed E-state index contributed by atoms with van der Waals surface area (Å²) in [4.78, 5) is 24.9. The summed E-state index contributed by atoms with van der Waals surface area (Å²) in [6.45, 7) is 3.93. The molecule has 2 amide bonds. The maximum Gasteiger partial charge on any atom is 0.235 e. The maximum atomic E-state index is 12.5. The number of ether oxygens (including phenoxy) is 1. The average molecular weight is 340 g/mol. The van der Waals surface area contributed by atoms with Crippen LogP contribution >= 0.6 is 0 Å². The lowest BCUT2D eigenvalue weighted by Crippen LogP contribution is -2.47. The van der Waals surface area contributed by atoms with Gasteiger partial charge < -0.3 is 15.4 Å². The van der Waals surface area contributed by atoms with Crippen molar-refractivity contribution in [3.8, 4) is 5.75 Å². The smallest absolute Gasteiger partial charge is 0.235 e. The number of rotatable bonds is 7. The summed E-state index contributed by atoms with van der Waals surface area (Å²) in [5.41, 5.74) is 0.677. The fourth-order valence-electron chi connectivity index (χ4n) is 2.35. The van der Waals surface area contributed by atoms with Crippen LogP contribution in [0.25, 0.3) is 0 Å². The molecule has 2 aromatic carbocycles. The number of hydrogen-bond acceptors (Lipinski definition) is 3. The number of benzene rings is 2. The number of amides is 2. The predicted octanol–water partition coefficient (Wildman–Crippen LogP) is 2.65. The molecule has 2 rings (SSSR count). The van der Waals surface area contributed by atoms with E-state index in [1.165, 1.54) is 0 Å². The van der Waals surface area contributed by atoms with E-state index < -0.39 is 5.41 Å². The lowest BCUT2D eigenvalue weighted by atomic mass is 9.91. The van der Waals surface area contributed by atoms with Gasteiger partial charge in [0.05, 0.1) is 7.11 Å². The molecule has 0 aliphatic carbocycles. The Hall–Kier alpha value is -2.82. The van der Waals surface area contributed by atoms with Gasteiger partial charge in [0.25, 0.3) is 0 Å². The molecule has 0 heterocycles. The number of carbonyl (C=O) groups excluding carboxylic acids is 2. The Labute approximate surface area is 148 Å². The molecule has 2 N–H and O–H groups in total. The molecule has 5 nitrogen and oxygen atoms in total. The van der Waals surface area contributed by atoms with Crippen LogP contribution in [0.2, 0.25) is 0 Å². The Bertz CT molecular complexity index is 727. The van der Waals surface area contributed by atoms with Gasteiger partial charge in [0.1, 0.15) is 11.2 Å². The number of nitrogens with one attached hydrogen (secondary N) is 2. The summed E-state index contributed by atoms with van der Waals surface area (Å²) >= 11 is 0. The quantitative estimate of drug-likeness (QED) is 0.762. The van der Waals surface area contributed by atoms with Crippen molar-refractivity contribution in [2.45, 2.75) is 26.9 Å². The van der Waals surface area contributed by atoms with Gasteiger partial charge in [0.2, 0.25) is 11.8 Å². The molecule has 0 radical (unpaired) electrons. The number of para-hydroxylation sites is 1. The predicted molar refractivity (Wildman–Crippen MR) is 96.9 cm³/mol. The van der Waals surface area contributed by atoms with Crippen LogP contribution in [0.15, 0.2) is 54.6 Å². The molecule has 25 heavy (non-hydrogen) atoms. The van der Waals surface area contributed by atoms with Crippen molar-refractivity contribution in [3.63, 3.8) is 0 Å². The minimum atomic E-state index is -1.17. The second kappa shape index (κ2) is 8.33. The molecular formula is C20H24N2O3. The largest absolute Gasteiger partial charge is 0.496 e. The molecule has 0 fully saturated rings. The molecule has 0 aliphatic rings. The highest BCUT2D eigenvalue weighted by molar-refractivity contribution is 6.04. The molecule has 0 saturated carbocycles. The second-order valence-corrected chi connectivity index (χ2v) is 6.29. The highest BCUT2D eigenvalue weighted by Gasteiger charge is 2.35. The molecule has 0 spiro atoms. The van der Waals surface area contributed by atoms with Crippen molar-refractivity contribution in [2.24, 2.45) is 5.41 Å². The van der Waals surface area contributed by atoms with Crippen LogP contribution in [0, 0.1) is 5.41 Å².